The standard InChI is InChI=1S/C18H19BrN2O4/c1-21(10-11-22)18(24)15-4-2-3-5-16(15)25-12-17(23)20-14-8-6-13(19)7-9-14/h2-9,22H,10-12H2,1H3,(H,20,23). The Balaban J connectivity index is 1.99. The summed E-state index contributed by atoms with van der Waals surface area (Å²) in [5.41, 5.74) is 0.999. The Bertz CT molecular complexity index is 734. The van der Waals surface area contributed by atoms with Crippen LogP contribution in [0.3, 0.4) is 0 Å². The Morgan fingerprint density at radius 2 is 1.84 bits per heavy atom. The average molecular weight is 407 g/mol. The highest BCUT2D eigenvalue weighted by atomic mass is 79.9. The van der Waals surface area contributed by atoms with E-state index in [4.69, 9.17) is 9.84 Å². The summed E-state index contributed by atoms with van der Waals surface area (Å²) in [5.74, 6) is -0.283. The van der Waals surface area contributed by atoms with Crippen molar-refractivity contribution in [2.45, 2.75) is 0 Å². The molecule has 2 aromatic rings. The van der Waals surface area contributed by atoms with Crippen LogP contribution in [0.1, 0.15) is 10.4 Å². The molecule has 0 aliphatic rings. The third-order valence-electron chi connectivity index (χ3n) is 3.39. The molecule has 25 heavy (non-hydrogen) atoms. The van der Waals surface area contributed by atoms with Crippen molar-refractivity contribution in [1.82, 2.24) is 4.90 Å². The summed E-state index contributed by atoms with van der Waals surface area (Å²) in [4.78, 5) is 25.8. The minimum atomic E-state index is -0.326. The maximum absolute atomic E-state index is 12.4. The first kappa shape index (κ1) is 19.0. The molecule has 0 aliphatic heterocycles. The van der Waals surface area contributed by atoms with Gasteiger partial charge in [0.15, 0.2) is 6.61 Å². The molecule has 0 saturated carbocycles. The van der Waals surface area contributed by atoms with E-state index >= 15 is 0 Å². The van der Waals surface area contributed by atoms with Crippen LogP contribution < -0.4 is 10.1 Å². The number of amides is 2. The molecule has 2 aromatic carbocycles. The van der Waals surface area contributed by atoms with E-state index in [0.29, 0.717) is 17.0 Å². The minimum Gasteiger partial charge on any atom is -0.483 e. The highest BCUT2D eigenvalue weighted by Crippen LogP contribution is 2.20. The Kier molecular flexibility index (Phi) is 6.97. The zero-order valence-corrected chi connectivity index (χ0v) is 15.3. The Labute approximate surface area is 154 Å². The van der Waals surface area contributed by atoms with Gasteiger partial charge in [0.25, 0.3) is 11.8 Å². The molecule has 0 bridgehead atoms. The fraction of sp³-hybridized carbons (Fsp3) is 0.222. The molecule has 0 atom stereocenters. The lowest BCUT2D eigenvalue weighted by molar-refractivity contribution is -0.118. The summed E-state index contributed by atoms with van der Waals surface area (Å²) in [6, 6.07) is 13.9. The van der Waals surface area contributed by atoms with Gasteiger partial charge in [-0.2, -0.15) is 0 Å². The first-order chi connectivity index (χ1) is 12.0. The third-order valence-corrected chi connectivity index (χ3v) is 3.91. The molecule has 132 valence electrons. The molecule has 2 N–H and O–H groups in total. The zero-order chi connectivity index (χ0) is 18.2. The van der Waals surface area contributed by atoms with Gasteiger partial charge in [-0.05, 0) is 36.4 Å². The second-order valence-corrected chi connectivity index (χ2v) is 6.21. The monoisotopic (exact) mass is 406 g/mol. The largest absolute Gasteiger partial charge is 0.483 e. The van der Waals surface area contributed by atoms with E-state index in [1.165, 1.54) is 4.90 Å². The van der Waals surface area contributed by atoms with Crippen molar-refractivity contribution in [3.63, 3.8) is 0 Å². The number of carbonyl (C=O) groups is 2. The van der Waals surface area contributed by atoms with Crippen molar-refractivity contribution >= 4 is 33.4 Å². The van der Waals surface area contributed by atoms with Crippen LogP contribution in [0.25, 0.3) is 0 Å². The molecular formula is C18H19BrN2O4. The molecule has 0 radical (unpaired) electrons. The second-order valence-electron chi connectivity index (χ2n) is 5.29. The fourth-order valence-electron chi connectivity index (χ4n) is 2.10. The molecule has 0 unspecified atom stereocenters. The number of hydrogen-bond acceptors (Lipinski definition) is 4. The Hall–Kier alpha value is -2.38. The van der Waals surface area contributed by atoms with Crippen molar-refractivity contribution in [2.75, 3.05) is 32.1 Å². The normalized spacial score (nSPS) is 10.2. The highest BCUT2D eigenvalue weighted by molar-refractivity contribution is 9.10. The number of para-hydroxylation sites is 1. The lowest BCUT2D eigenvalue weighted by atomic mass is 10.2. The Morgan fingerprint density at radius 1 is 1.16 bits per heavy atom. The van der Waals surface area contributed by atoms with Crippen LogP contribution in [0.15, 0.2) is 53.0 Å². The van der Waals surface area contributed by atoms with E-state index in [9.17, 15) is 9.59 Å². The van der Waals surface area contributed by atoms with Crippen molar-refractivity contribution in [2.24, 2.45) is 0 Å². The highest BCUT2D eigenvalue weighted by Gasteiger charge is 2.16. The van der Waals surface area contributed by atoms with Crippen LogP contribution in [0, 0.1) is 0 Å². The first-order valence-electron chi connectivity index (χ1n) is 7.65. The van der Waals surface area contributed by atoms with Crippen LogP contribution in [0.2, 0.25) is 0 Å². The van der Waals surface area contributed by atoms with Crippen LogP contribution in [0.5, 0.6) is 5.75 Å². The predicted molar refractivity (Wildman–Crippen MR) is 98.8 cm³/mol. The van der Waals surface area contributed by atoms with Gasteiger partial charge in [-0.1, -0.05) is 28.1 Å². The third kappa shape index (κ3) is 5.58. The second kappa shape index (κ2) is 9.19. The molecule has 2 amide bonds. The van der Waals surface area contributed by atoms with Gasteiger partial charge in [0.05, 0.1) is 12.2 Å². The molecule has 0 heterocycles. The molecule has 2 rings (SSSR count). The van der Waals surface area contributed by atoms with Gasteiger partial charge in [-0.25, -0.2) is 0 Å². The number of aliphatic hydroxyl groups is 1. The fourth-order valence-corrected chi connectivity index (χ4v) is 2.36. The van der Waals surface area contributed by atoms with E-state index in [1.54, 1.807) is 43.4 Å². The molecule has 0 fully saturated rings. The van der Waals surface area contributed by atoms with Gasteiger partial charge in [-0.15, -0.1) is 0 Å². The number of rotatable bonds is 7. The van der Waals surface area contributed by atoms with Gasteiger partial charge in [0.2, 0.25) is 0 Å². The molecule has 0 aliphatic carbocycles. The molecular weight excluding hydrogens is 388 g/mol. The number of anilines is 1. The molecule has 0 spiro atoms. The van der Waals surface area contributed by atoms with Gasteiger partial charge in [0, 0.05) is 23.8 Å². The number of likely N-dealkylation sites (N-methyl/N-ethyl adjacent to an activating group) is 1. The topological polar surface area (TPSA) is 78.9 Å². The van der Waals surface area contributed by atoms with E-state index in [1.807, 2.05) is 12.1 Å². The number of halogens is 1. The average Bonchev–Trinajstić information content (AvgIpc) is 2.62. The quantitative estimate of drug-likeness (QED) is 0.740. The van der Waals surface area contributed by atoms with Crippen molar-refractivity contribution in [3.05, 3.63) is 58.6 Å². The van der Waals surface area contributed by atoms with Crippen LogP contribution in [-0.2, 0) is 4.79 Å². The molecule has 0 saturated heterocycles. The summed E-state index contributed by atoms with van der Waals surface area (Å²) in [6.07, 6.45) is 0. The summed E-state index contributed by atoms with van der Waals surface area (Å²) >= 11 is 3.33. The van der Waals surface area contributed by atoms with Crippen molar-refractivity contribution < 1.29 is 19.4 Å². The number of nitrogens with zero attached hydrogens (tertiary/aromatic N) is 1. The van der Waals surface area contributed by atoms with E-state index in [2.05, 4.69) is 21.2 Å². The lowest BCUT2D eigenvalue weighted by Gasteiger charge is -2.18. The maximum Gasteiger partial charge on any atom is 0.262 e. The number of aliphatic hydroxyl groups excluding tert-OH is 1. The van der Waals surface area contributed by atoms with Crippen LogP contribution in [-0.4, -0.2) is 48.6 Å². The number of ether oxygens (including phenoxy) is 1. The first-order valence-corrected chi connectivity index (χ1v) is 8.44. The van der Waals surface area contributed by atoms with Gasteiger partial charge in [0.1, 0.15) is 5.75 Å². The van der Waals surface area contributed by atoms with Gasteiger partial charge < -0.3 is 20.1 Å². The maximum atomic E-state index is 12.4. The van der Waals surface area contributed by atoms with Crippen molar-refractivity contribution in [1.29, 1.82) is 0 Å². The molecule has 0 aromatic heterocycles. The van der Waals surface area contributed by atoms with Crippen LogP contribution >= 0.6 is 15.9 Å². The van der Waals surface area contributed by atoms with Crippen LogP contribution in [0.4, 0.5) is 5.69 Å². The lowest BCUT2D eigenvalue weighted by Crippen LogP contribution is -2.30. The van der Waals surface area contributed by atoms with Gasteiger partial charge in [-0.3, -0.25) is 9.59 Å². The number of nitrogens with one attached hydrogen (secondary N) is 1. The molecule has 7 heteroatoms. The number of benzene rings is 2. The summed E-state index contributed by atoms with van der Waals surface area (Å²) < 4.78 is 6.43. The number of hydrogen-bond donors (Lipinski definition) is 2. The summed E-state index contributed by atoms with van der Waals surface area (Å²) in [5, 5.41) is 11.7. The Morgan fingerprint density at radius 3 is 2.52 bits per heavy atom. The van der Waals surface area contributed by atoms with Crippen molar-refractivity contribution in [3.8, 4) is 5.75 Å². The summed E-state index contributed by atoms with van der Waals surface area (Å²) in [6.45, 7) is -0.123. The number of carbonyl (C=O) groups excluding carboxylic acids is 2. The minimum absolute atomic E-state index is 0.124. The van der Waals surface area contributed by atoms with E-state index in [-0.39, 0.29) is 31.6 Å². The van der Waals surface area contributed by atoms with E-state index < -0.39 is 0 Å². The predicted octanol–water partition coefficient (Wildman–Crippen LogP) is 2.53. The smallest absolute Gasteiger partial charge is 0.262 e. The zero-order valence-electron chi connectivity index (χ0n) is 13.7. The summed E-state index contributed by atoms with van der Waals surface area (Å²) in [7, 11) is 1.59. The van der Waals surface area contributed by atoms with E-state index in [0.717, 1.165) is 4.47 Å². The van der Waals surface area contributed by atoms with Gasteiger partial charge >= 0.3 is 0 Å². The SMILES string of the molecule is CN(CCO)C(=O)c1ccccc1OCC(=O)Nc1ccc(Br)cc1. The molecule has 6 nitrogen and oxygen atoms in total.